The van der Waals surface area contributed by atoms with Gasteiger partial charge in [0.05, 0.1) is 0 Å². The summed E-state index contributed by atoms with van der Waals surface area (Å²) in [6.07, 6.45) is 1.08. The third kappa shape index (κ3) is 2.92. The molecule has 1 atom stereocenters. The van der Waals surface area contributed by atoms with Crippen molar-refractivity contribution in [1.82, 2.24) is 0 Å². The Bertz CT molecular complexity index is 357. The van der Waals surface area contributed by atoms with E-state index in [4.69, 9.17) is 0 Å². The van der Waals surface area contributed by atoms with Gasteiger partial charge in [0.15, 0.2) is 5.78 Å². The molecule has 0 spiro atoms. The lowest BCUT2D eigenvalue weighted by Gasteiger charge is -2.16. The van der Waals surface area contributed by atoms with Gasteiger partial charge in [0.25, 0.3) is 0 Å². The van der Waals surface area contributed by atoms with Gasteiger partial charge >= 0.3 is 0 Å². The molecule has 2 heteroatoms. The highest BCUT2D eigenvalue weighted by atomic mass is 16.3. The number of hydrogen-bond acceptors (Lipinski definition) is 2. The first-order valence-corrected chi connectivity index (χ1v) is 5.73. The summed E-state index contributed by atoms with van der Waals surface area (Å²) in [7, 11) is 0. The zero-order chi connectivity index (χ0) is 12.3. The van der Waals surface area contributed by atoms with E-state index in [2.05, 4.69) is 13.8 Å². The molecule has 0 aliphatic rings. The van der Waals surface area contributed by atoms with E-state index >= 15 is 0 Å². The van der Waals surface area contributed by atoms with Gasteiger partial charge in [0.1, 0.15) is 5.60 Å². The van der Waals surface area contributed by atoms with Crippen LogP contribution in [0.25, 0.3) is 0 Å². The lowest BCUT2D eigenvalue weighted by Crippen LogP contribution is -2.31. The monoisotopic (exact) mass is 220 g/mol. The Hall–Kier alpha value is -1.15. The van der Waals surface area contributed by atoms with Gasteiger partial charge in [0.2, 0.25) is 0 Å². The second kappa shape index (κ2) is 4.79. The van der Waals surface area contributed by atoms with Crippen LogP contribution >= 0.6 is 0 Å². The number of aliphatic hydroxyl groups is 1. The van der Waals surface area contributed by atoms with E-state index in [1.54, 1.807) is 12.1 Å². The largest absolute Gasteiger partial charge is 0.382 e. The Morgan fingerprint density at radius 3 is 2.19 bits per heavy atom. The normalized spacial score (nSPS) is 13.6. The second-order valence-corrected chi connectivity index (χ2v) is 4.82. The molecule has 0 aromatic heterocycles. The first kappa shape index (κ1) is 12.9. The molecule has 0 heterocycles. The van der Waals surface area contributed by atoms with Gasteiger partial charge in [-0.3, -0.25) is 4.79 Å². The molecule has 0 saturated carbocycles. The minimum atomic E-state index is -1.29. The molecule has 0 aliphatic heterocycles. The third-order valence-corrected chi connectivity index (χ3v) is 2.91. The van der Waals surface area contributed by atoms with E-state index in [0.717, 1.165) is 6.42 Å². The molecule has 0 bridgehead atoms. The van der Waals surface area contributed by atoms with Crippen molar-refractivity contribution in [3.63, 3.8) is 0 Å². The molecule has 1 rings (SSSR count). The second-order valence-electron chi connectivity index (χ2n) is 4.82. The summed E-state index contributed by atoms with van der Waals surface area (Å²) < 4.78 is 0. The standard InChI is InChI=1S/C14H20O2/c1-5-10(2)11-6-8-12(9-7-11)13(15)14(3,4)16/h6-10,16H,5H2,1-4H3. The number of benzene rings is 1. The van der Waals surface area contributed by atoms with Crippen molar-refractivity contribution in [3.8, 4) is 0 Å². The molecule has 0 fully saturated rings. The van der Waals surface area contributed by atoms with Crippen LogP contribution in [0.3, 0.4) is 0 Å². The molecule has 0 saturated heterocycles. The van der Waals surface area contributed by atoms with Crippen LogP contribution in [0.4, 0.5) is 0 Å². The summed E-state index contributed by atoms with van der Waals surface area (Å²) in [6.45, 7) is 7.32. The Morgan fingerprint density at radius 2 is 1.81 bits per heavy atom. The van der Waals surface area contributed by atoms with Gasteiger partial charge < -0.3 is 5.11 Å². The van der Waals surface area contributed by atoms with Crippen LogP contribution in [0, 0.1) is 0 Å². The molecule has 16 heavy (non-hydrogen) atoms. The number of ketones is 1. The van der Waals surface area contributed by atoms with Gasteiger partial charge in [-0.2, -0.15) is 0 Å². The zero-order valence-corrected chi connectivity index (χ0v) is 10.4. The maximum atomic E-state index is 11.8. The highest BCUT2D eigenvalue weighted by molar-refractivity contribution is 6.01. The van der Waals surface area contributed by atoms with Crippen LogP contribution in [0.15, 0.2) is 24.3 Å². The number of carbonyl (C=O) groups is 1. The predicted octanol–water partition coefficient (Wildman–Crippen LogP) is 3.15. The Morgan fingerprint density at radius 1 is 1.31 bits per heavy atom. The Labute approximate surface area is 97.3 Å². The van der Waals surface area contributed by atoms with Gasteiger partial charge in [0, 0.05) is 5.56 Å². The van der Waals surface area contributed by atoms with Crippen molar-refractivity contribution in [2.45, 2.75) is 45.6 Å². The molecule has 1 N–H and O–H groups in total. The first-order valence-electron chi connectivity index (χ1n) is 5.73. The number of hydrogen-bond donors (Lipinski definition) is 1. The van der Waals surface area contributed by atoms with Crippen LogP contribution in [-0.2, 0) is 0 Å². The molecule has 1 unspecified atom stereocenters. The van der Waals surface area contributed by atoms with Crippen molar-refractivity contribution < 1.29 is 9.90 Å². The minimum absolute atomic E-state index is 0.233. The average molecular weight is 220 g/mol. The van der Waals surface area contributed by atoms with Crippen LogP contribution in [0.5, 0.6) is 0 Å². The SMILES string of the molecule is CCC(C)c1ccc(C(=O)C(C)(C)O)cc1. The average Bonchev–Trinajstić information content (AvgIpc) is 2.26. The quantitative estimate of drug-likeness (QED) is 0.791. The zero-order valence-electron chi connectivity index (χ0n) is 10.4. The molecule has 1 aromatic rings. The fourth-order valence-corrected chi connectivity index (χ4v) is 1.55. The molecule has 0 amide bonds. The molecule has 0 aliphatic carbocycles. The van der Waals surface area contributed by atoms with Crippen molar-refractivity contribution in [2.24, 2.45) is 0 Å². The third-order valence-electron chi connectivity index (χ3n) is 2.91. The molecular weight excluding hydrogens is 200 g/mol. The van der Waals surface area contributed by atoms with E-state index in [9.17, 15) is 9.90 Å². The highest BCUT2D eigenvalue weighted by Gasteiger charge is 2.24. The summed E-state index contributed by atoms with van der Waals surface area (Å²) in [5, 5.41) is 9.61. The lowest BCUT2D eigenvalue weighted by molar-refractivity contribution is 0.0488. The van der Waals surface area contributed by atoms with Crippen LogP contribution in [0.1, 0.15) is 56.0 Å². The summed E-state index contributed by atoms with van der Waals surface area (Å²) in [5.41, 5.74) is 0.507. The molecular formula is C14H20O2. The van der Waals surface area contributed by atoms with E-state index in [1.807, 2.05) is 12.1 Å². The summed E-state index contributed by atoms with van der Waals surface area (Å²) in [4.78, 5) is 11.8. The molecule has 88 valence electrons. The van der Waals surface area contributed by atoms with Gasteiger partial charge in [-0.15, -0.1) is 0 Å². The maximum Gasteiger partial charge on any atom is 0.193 e. The molecule has 2 nitrogen and oxygen atoms in total. The van der Waals surface area contributed by atoms with E-state index in [0.29, 0.717) is 11.5 Å². The van der Waals surface area contributed by atoms with Crippen LogP contribution in [-0.4, -0.2) is 16.5 Å². The van der Waals surface area contributed by atoms with Crippen LogP contribution in [0.2, 0.25) is 0 Å². The summed E-state index contributed by atoms with van der Waals surface area (Å²) in [5.74, 6) is 0.273. The van der Waals surface area contributed by atoms with Gasteiger partial charge in [-0.25, -0.2) is 0 Å². The predicted molar refractivity (Wildman–Crippen MR) is 65.8 cm³/mol. The fourth-order valence-electron chi connectivity index (χ4n) is 1.55. The summed E-state index contributed by atoms with van der Waals surface area (Å²) in [6, 6.07) is 7.52. The molecule has 1 aromatic carbocycles. The number of carbonyl (C=O) groups excluding carboxylic acids is 1. The van der Waals surface area contributed by atoms with Crippen molar-refractivity contribution in [3.05, 3.63) is 35.4 Å². The number of rotatable bonds is 4. The van der Waals surface area contributed by atoms with Gasteiger partial charge in [-0.1, -0.05) is 38.1 Å². The topological polar surface area (TPSA) is 37.3 Å². The van der Waals surface area contributed by atoms with Crippen molar-refractivity contribution >= 4 is 5.78 Å². The maximum absolute atomic E-state index is 11.8. The summed E-state index contributed by atoms with van der Waals surface area (Å²) >= 11 is 0. The van der Waals surface area contributed by atoms with Gasteiger partial charge in [-0.05, 0) is 31.7 Å². The van der Waals surface area contributed by atoms with Crippen LogP contribution < -0.4 is 0 Å². The Balaban J connectivity index is 2.91. The smallest absolute Gasteiger partial charge is 0.193 e. The lowest BCUT2D eigenvalue weighted by atomic mass is 9.93. The molecule has 0 radical (unpaired) electrons. The Kier molecular flexibility index (Phi) is 3.87. The first-order chi connectivity index (χ1) is 7.36. The van der Waals surface area contributed by atoms with Crippen molar-refractivity contribution in [1.29, 1.82) is 0 Å². The van der Waals surface area contributed by atoms with E-state index in [-0.39, 0.29) is 5.78 Å². The fraction of sp³-hybridized carbons (Fsp3) is 0.500. The highest BCUT2D eigenvalue weighted by Crippen LogP contribution is 2.20. The van der Waals surface area contributed by atoms with E-state index in [1.165, 1.54) is 19.4 Å². The number of Topliss-reactive ketones (excluding diaryl/α,β-unsaturated/α-hetero) is 1. The van der Waals surface area contributed by atoms with E-state index < -0.39 is 5.60 Å². The van der Waals surface area contributed by atoms with Crippen molar-refractivity contribution in [2.75, 3.05) is 0 Å². The minimum Gasteiger partial charge on any atom is -0.382 e.